The van der Waals surface area contributed by atoms with Crippen molar-refractivity contribution in [1.82, 2.24) is 24.5 Å². The Morgan fingerprint density at radius 3 is 2.42 bits per heavy atom. The second-order valence-corrected chi connectivity index (χ2v) is 5.66. The monoisotopic (exact) mass is 349 g/mol. The highest BCUT2D eigenvalue weighted by molar-refractivity contribution is 5.81. The van der Waals surface area contributed by atoms with Crippen LogP contribution >= 0.6 is 0 Å². The fourth-order valence-corrected chi connectivity index (χ4v) is 2.70. The van der Waals surface area contributed by atoms with Crippen LogP contribution in [0.25, 0.3) is 17.0 Å². The third-order valence-electron chi connectivity index (χ3n) is 3.67. The lowest BCUT2D eigenvalue weighted by molar-refractivity contribution is 0.451. The molecule has 0 bridgehead atoms. The van der Waals surface area contributed by atoms with E-state index in [0.717, 1.165) is 11.0 Å². The molecule has 0 radical (unpaired) electrons. The van der Waals surface area contributed by atoms with Crippen molar-refractivity contribution < 1.29 is 10.2 Å². The van der Waals surface area contributed by atoms with Gasteiger partial charge in [0.15, 0.2) is 0 Å². The Labute approximate surface area is 147 Å². The number of imidazole rings is 1. The number of hydrogen-bond acceptors (Lipinski definition) is 8. The topological polar surface area (TPSA) is 135 Å². The maximum Gasteiger partial charge on any atom is 0.242 e. The minimum absolute atomic E-state index is 0.0737. The molecule has 130 valence electrons. The number of phenolic OH excluding ortho intramolecular Hbond substituents is 2. The summed E-state index contributed by atoms with van der Waals surface area (Å²) in [6, 6.07) is 11.7. The number of nitrogens with one attached hydrogen (secondary N) is 1. The summed E-state index contributed by atoms with van der Waals surface area (Å²) in [4.78, 5) is 17.1. The molecule has 0 amide bonds. The number of para-hydroxylation sites is 2. The molecular formula is C17H15N7O2. The van der Waals surface area contributed by atoms with Crippen LogP contribution in [0.15, 0.2) is 42.5 Å². The van der Waals surface area contributed by atoms with Crippen molar-refractivity contribution in [2.24, 2.45) is 0 Å². The first-order valence-corrected chi connectivity index (χ1v) is 7.75. The number of anilines is 3. The van der Waals surface area contributed by atoms with Crippen LogP contribution in [0, 0.1) is 6.92 Å². The first-order chi connectivity index (χ1) is 12.5. The van der Waals surface area contributed by atoms with Crippen molar-refractivity contribution in [2.75, 3.05) is 11.1 Å². The molecule has 0 atom stereocenters. The standard InChI is InChI=1S/C17H15N7O2/c1-9-19-15(18)23-16(20-9)24-14-5-3-2-4-13(14)22-17(24)21-10-6-11(25)8-12(26)7-10/h2-8,25-26H,1H3,(H,21,22)(H2,18,19,20,23). The molecule has 4 rings (SSSR count). The highest BCUT2D eigenvalue weighted by atomic mass is 16.3. The zero-order valence-electron chi connectivity index (χ0n) is 13.7. The lowest BCUT2D eigenvalue weighted by Gasteiger charge is -2.10. The van der Waals surface area contributed by atoms with Crippen LogP contribution in [0.3, 0.4) is 0 Å². The summed E-state index contributed by atoms with van der Waals surface area (Å²) < 4.78 is 1.70. The molecule has 5 N–H and O–H groups in total. The van der Waals surface area contributed by atoms with Gasteiger partial charge in [0.2, 0.25) is 17.8 Å². The minimum atomic E-state index is -0.0737. The van der Waals surface area contributed by atoms with Crippen molar-refractivity contribution in [2.45, 2.75) is 6.92 Å². The molecule has 0 aliphatic heterocycles. The third-order valence-corrected chi connectivity index (χ3v) is 3.67. The van der Waals surface area contributed by atoms with Crippen molar-refractivity contribution in [3.63, 3.8) is 0 Å². The van der Waals surface area contributed by atoms with Crippen LogP contribution in [-0.2, 0) is 0 Å². The second-order valence-electron chi connectivity index (χ2n) is 5.66. The number of aromatic hydroxyl groups is 2. The molecular weight excluding hydrogens is 334 g/mol. The minimum Gasteiger partial charge on any atom is -0.508 e. The molecule has 2 aromatic carbocycles. The fraction of sp³-hybridized carbons (Fsp3) is 0.0588. The fourth-order valence-electron chi connectivity index (χ4n) is 2.70. The van der Waals surface area contributed by atoms with Crippen LogP contribution in [0.1, 0.15) is 5.82 Å². The van der Waals surface area contributed by atoms with E-state index in [-0.39, 0.29) is 17.4 Å². The van der Waals surface area contributed by atoms with E-state index < -0.39 is 0 Å². The summed E-state index contributed by atoms with van der Waals surface area (Å²) in [5.41, 5.74) is 7.71. The molecule has 0 fully saturated rings. The van der Waals surface area contributed by atoms with Gasteiger partial charge in [0.1, 0.15) is 17.3 Å². The van der Waals surface area contributed by atoms with Crippen molar-refractivity contribution in [3.8, 4) is 17.4 Å². The Morgan fingerprint density at radius 2 is 1.69 bits per heavy atom. The van der Waals surface area contributed by atoms with Crippen LogP contribution in [-0.4, -0.2) is 34.7 Å². The van der Waals surface area contributed by atoms with E-state index in [9.17, 15) is 10.2 Å². The van der Waals surface area contributed by atoms with E-state index in [1.165, 1.54) is 18.2 Å². The number of aryl methyl sites for hydroxylation is 1. The Balaban J connectivity index is 1.91. The number of benzene rings is 2. The summed E-state index contributed by atoms with van der Waals surface area (Å²) in [5, 5.41) is 22.5. The molecule has 2 aromatic heterocycles. The first kappa shape index (κ1) is 15.6. The average molecular weight is 349 g/mol. The van der Waals surface area contributed by atoms with E-state index in [1.54, 1.807) is 11.5 Å². The number of nitrogen functional groups attached to an aromatic ring is 1. The molecule has 26 heavy (non-hydrogen) atoms. The maximum atomic E-state index is 9.69. The highest BCUT2D eigenvalue weighted by Gasteiger charge is 2.16. The van der Waals surface area contributed by atoms with Gasteiger partial charge in [-0.3, -0.25) is 0 Å². The zero-order valence-corrected chi connectivity index (χ0v) is 13.7. The van der Waals surface area contributed by atoms with Crippen molar-refractivity contribution in [1.29, 1.82) is 0 Å². The number of nitrogens with zero attached hydrogens (tertiary/aromatic N) is 5. The van der Waals surface area contributed by atoms with Gasteiger partial charge >= 0.3 is 0 Å². The predicted molar refractivity (Wildman–Crippen MR) is 96.7 cm³/mol. The van der Waals surface area contributed by atoms with Gasteiger partial charge in [-0.05, 0) is 19.1 Å². The van der Waals surface area contributed by atoms with Gasteiger partial charge in [0, 0.05) is 23.9 Å². The average Bonchev–Trinajstić information content (AvgIpc) is 2.90. The van der Waals surface area contributed by atoms with Crippen LogP contribution in [0.2, 0.25) is 0 Å². The SMILES string of the molecule is Cc1nc(N)nc(-n2c(Nc3cc(O)cc(O)c3)nc3ccccc32)n1. The van der Waals surface area contributed by atoms with Gasteiger partial charge in [0.25, 0.3) is 0 Å². The number of rotatable bonds is 3. The van der Waals surface area contributed by atoms with E-state index >= 15 is 0 Å². The summed E-state index contributed by atoms with van der Waals surface area (Å²) in [6.07, 6.45) is 0. The van der Waals surface area contributed by atoms with Crippen LogP contribution < -0.4 is 11.1 Å². The van der Waals surface area contributed by atoms with Gasteiger partial charge in [-0.1, -0.05) is 12.1 Å². The Morgan fingerprint density at radius 1 is 0.962 bits per heavy atom. The van der Waals surface area contributed by atoms with E-state index in [1.807, 2.05) is 24.3 Å². The van der Waals surface area contributed by atoms with Crippen molar-refractivity contribution in [3.05, 3.63) is 48.3 Å². The van der Waals surface area contributed by atoms with Crippen molar-refractivity contribution >= 4 is 28.6 Å². The summed E-state index contributed by atoms with van der Waals surface area (Å²) in [6.45, 7) is 1.72. The predicted octanol–water partition coefficient (Wildman–Crippen LogP) is 2.26. The van der Waals surface area contributed by atoms with Gasteiger partial charge in [-0.2, -0.15) is 15.0 Å². The molecule has 0 aliphatic carbocycles. The van der Waals surface area contributed by atoms with Crippen LogP contribution in [0.4, 0.5) is 17.6 Å². The molecule has 2 heterocycles. The van der Waals surface area contributed by atoms with Gasteiger partial charge in [-0.25, -0.2) is 9.55 Å². The molecule has 0 unspecified atom stereocenters. The third kappa shape index (κ3) is 2.81. The number of aromatic nitrogens is 5. The van der Waals surface area contributed by atoms with E-state index in [2.05, 4.69) is 25.3 Å². The molecule has 0 aliphatic rings. The Hall–Kier alpha value is -3.88. The Bertz CT molecular complexity index is 1080. The Kier molecular flexibility index (Phi) is 3.54. The molecule has 9 nitrogen and oxygen atoms in total. The normalized spacial score (nSPS) is 11.0. The number of fused-ring (bicyclic) bond motifs is 1. The largest absolute Gasteiger partial charge is 0.508 e. The zero-order chi connectivity index (χ0) is 18.3. The molecule has 0 saturated carbocycles. The number of phenols is 2. The molecule has 0 saturated heterocycles. The molecule has 9 heteroatoms. The van der Waals surface area contributed by atoms with Crippen LogP contribution in [0.5, 0.6) is 11.5 Å². The lowest BCUT2D eigenvalue weighted by atomic mass is 10.3. The first-order valence-electron chi connectivity index (χ1n) is 7.75. The second kappa shape index (κ2) is 5.88. The maximum absolute atomic E-state index is 9.69. The molecule has 4 aromatic rings. The number of hydrogen-bond donors (Lipinski definition) is 4. The summed E-state index contributed by atoms with van der Waals surface area (Å²) in [5.74, 6) is 1.15. The lowest BCUT2D eigenvalue weighted by Crippen LogP contribution is -2.10. The van der Waals surface area contributed by atoms with Gasteiger partial charge in [0.05, 0.1) is 11.0 Å². The number of nitrogens with two attached hydrogens (primary N) is 1. The molecule has 0 spiro atoms. The van der Waals surface area contributed by atoms with E-state index in [4.69, 9.17) is 5.73 Å². The quantitative estimate of drug-likeness (QED) is 0.442. The van der Waals surface area contributed by atoms with Gasteiger partial charge in [-0.15, -0.1) is 0 Å². The van der Waals surface area contributed by atoms with Gasteiger partial charge < -0.3 is 21.3 Å². The summed E-state index contributed by atoms with van der Waals surface area (Å²) in [7, 11) is 0. The van der Waals surface area contributed by atoms with E-state index in [0.29, 0.717) is 23.4 Å². The highest BCUT2D eigenvalue weighted by Crippen LogP contribution is 2.29. The summed E-state index contributed by atoms with van der Waals surface area (Å²) >= 11 is 0. The smallest absolute Gasteiger partial charge is 0.242 e.